The molecule has 72 valence electrons. The molecule has 0 atom stereocenters. The van der Waals surface area contributed by atoms with E-state index in [4.69, 9.17) is 10.8 Å². The van der Waals surface area contributed by atoms with Crippen molar-refractivity contribution in [1.82, 2.24) is 0 Å². The largest absolute Gasteiger partial charge is 0.399 e. The number of benzene rings is 1. The second-order valence-corrected chi connectivity index (χ2v) is 3.21. The van der Waals surface area contributed by atoms with Gasteiger partial charge in [0, 0.05) is 12.3 Å². The molecular formula is C11H17NO. The molecule has 0 fully saturated rings. The van der Waals surface area contributed by atoms with Crippen LogP contribution in [0.1, 0.15) is 24.5 Å². The van der Waals surface area contributed by atoms with Crippen molar-refractivity contribution in [2.75, 3.05) is 12.3 Å². The second-order valence-electron chi connectivity index (χ2n) is 3.21. The van der Waals surface area contributed by atoms with Crippen molar-refractivity contribution in [2.45, 2.75) is 26.2 Å². The number of hydrogen-bond donors (Lipinski definition) is 2. The summed E-state index contributed by atoms with van der Waals surface area (Å²) in [6.45, 7) is 2.35. The zero-order chi connectivity index (χ0) is 9.68. The minimum atomic E-state index is 0.256. The van der Waals surface area contributed by atoms with E-state index in [0.717, 1.165) is 24.9 Å². The van der Waals surface area contributed by atoms with Crippen molar-refractivity contribution in [3.05, 3.63) is 29.3 Å². The SMILES string of the molecule is CCc1cc(CCCO)ccc1N. The number of nitrogen functional groups attached to an aromatic ring is 1. The Morgan fingerprint density at radius 3 is 2.77 bits per heavy atom. The van der Waals surface area contributed by atoms with Gasteiger partial charge in [-0.05, 0) is 36.5 Å². The number of rotatable bonds is 4. The van der Waals surface area contributed by atoms with E-state index in [9.17, 15) is 0 Å². The lowest BCUT2D eigenvalue weighted by Crippen LogP contribution is -1.96. The number of aryl methyl sites for hydroxylation is 2. The maximum Gasteiger partial charge on any atom is 0.0434 e. The van der Waals surface area contributed by atoms with Crippen LogP contribution in [0.3, 0.4) is 0 Å². The molecule has 2 heteroatoms. The van der Waals surface area contributed by atoms with E-state index < -0.39 is 0 Å². The number of nitrogens with two attached hydrogens (primary N) is 1. The van der Waals surface area contributed by atoms with Crippen LogP contribution >= 0.6 is 0 Å². The van der Waals surface area contributed by atoms with Gasteiger partial charge >= 0.3 is 0 Å². The number of hydrogen-bond acceptors (Lipinski definition) is 2. The molecule has 0 aromatic heterocycles. The molecule has 0 unspecified atom stereocenters. The lowest BCUT2D eigenvalue weighted by atomic mass is 10.0. The molecule has 1 rings (SSSR count). The normalized spacial score (nSPS) is 10.3. The Morgan fingerprint density at radius 2 is 2.15 bits per heavy atom. The highest BCUT2D eigenvalue weighted by Gasteiger charge is 1.98. The van der Waals surface area contributed by atoms with Crippen LogP contribution in [0.25, 0.3) is 0 Å². The smallest absolute Gasteiger partial charge is 0.0434 e. The van der Waals surface area contributed by atoms with Gasteiger partial charge in [0.25, 0.3) is 0 Å². The lowest BCUT2D eigenvalue weighted by Gasteiger charge is -2.05. The Labute approximate surface area is 79.4 Å². The molecule has 0 bridgehead atoms. The Bertz CT molecular complexity index is 271. The zero-order valence-corrected chi connectivity index (χ0v) is 8.09. The zero-order valence-electron chi connectivity index (χ0n) is 8.09. The van der Waals surface area contributed by atoms with Gasteiger partial charge in [-0.15, -0.1) is 0 Å². The van der Waals surface area contributed by atoms with Gasteiger partial charge in [0.1, 0.15) is 0 Å². The fourth-order valence-electron chi connectivity index (χ4n) is 1.40. The standard InChI is InChI=1S/C11H17NO/c1-2-10-8-9(4-3-7-13)5-6-11(10)12/h5-6,8,13H,2-4,7,12H2,1H3. The fraction of sp³-hybridized carbons (Fsp3) is 0.455. The van der Waals surface area contributed by atoms with Crippen LogP contribution in [0.5, 0.6) is 0 Å². The van der Waals surface area contributed by atoms with E-state index in [1.807, 2.05) is 12.1 Å². The molecule has 0 amide bonds. The third-order valence-corrected chi connectivity index (χ3v) is 2.21. The van der Waals surface area contributed by atoms with E-state index in [1.54, 1.807) is 0 Å². The lowest BCUT2D eigenvalue weighted by molar-refractivity contribution is 0.288. The summed E-state index contributed by atoms with van der Waals surface area (Å²) in [4.78, 5) is 0. The van der Waals surface area contributed by atoms with Crippen molar-refractivity contribution in [1.29, 1.82) is 0 Å². The predicted octanol–water partition coefficient (Wildman–Crippen LogP) is 1.76. The number of aliphatic hydroxyl groups excluding tert-OH is 1. The van der Waals surface area contributed by atoms with Gasteiger partial charge in [-0.1, -0.05) is 19.1 Å². The summed E-state index contributed by atoms with van der Waals surface area (Å²) in [6.07, 6.45) is 2.73. The third-order valence-electron chi connectivity index (χ3n) is 2.21. The van der Waals surface area contributed by atoms with Crippen LogP contribution in [-0.4, -0.2) is 11.7 Å². The van der Waals surface area contributed by atoms with Crippen molar-refractivity contribution in [2.24, 2.45) is 0 Å². The minimum absolute atomic E-state index is 0.256. The summed E-state index contributed by atoms with van der Waals surface area (Å²) in [7, 11) is 0. The minimum Gasteiger partial charge on any atom is -0.399 e. The topological polar surface area (TPSA) is 46.2 Å². The van der Waals surface area contributed by atoms with Crippen LogP contribution in [0, 0.1) is 0 Å². The molecule has 0 aliphatic rings. The van der Waals surface area contributed by atoms with E-state index in [1.165, 1.54) is 11.1 Å². The monoisotopic (exact) mass is 179 g/mol. The Morgan fingerprint density at radius 1 is 1.38 bits per heavy atom. The van der Waals surface area contributed by atoms with Crippen LogP contribution in [0.4, 0.5) is 5.69 Å². The molecule has 1 aromatic rings. The van der Waals surface area contributed by atoms with Crippen molar-refractivity contribution < 1.29 is 5.11 Å². The molecule has 0 heterocycles. The van der Waals surface area contributed by atoms with Crippen LogP contribution in [0.2, 0.25) is 0 Å². The summed E-state index contributed by atoms with van der Waals surface area (Å²) in [6, 6.07) is 6.11. The first-order valence-electron chi connectivity index (χ1n) is 4.76. The van der Waals surface area contributed by atoms with Crippen LogP contribution in [0.15, 0.2) is 18.2 Å². The quantitative estimate of drug-likeness (QED) is 0.692. The van der Waals surface area contributed by atoms with E-state index >= 15 is 0 Å². The molecule has 3 N–H and O–H groups in total. The average Bonchev–Trinajstić information content (AvgIpc) is 2.16. The third kappa shape index (κ3) is 2.74. The Kier molecular flexibility index (Phi) is 3.77. The van der Waals surface area contributed by atoms with Gasteiger partial charge in [-0.25, -0.2) is 0 Å². The maximum absolute atomic E-state index is 8.68. The summed E-state index contributed by atoms with van der Waals surface area (Å²) >= 11 is 0. The van der Waals surface area contributed by atoms with E-state index in [2.05, 4.69) is 13.0 Å². The second kappa shape index (κ2) is 4.87. The van der Waals surface area contributed by atoms with E-state index in [0.29, 0.717) is 0 Å². The van der Waals surface area contributed by atoms with Crippen molar-refractivity contribution in [3.63, 3.8) is 0 Å². The van der Waals surface area contributed by atoms with Gasteiger partial charge < -0.3 is 10.8 Å². The fourth-order valence-corrected chi connectivity index (χ4v) is 1.40. The van der Waals surface area contributed by atoms with Gasteiger partial charge in [-0.3, -0.25) is 0 Å². The molecule has 1 aromatic carbocycles. The highest BCUT2D eigenvalue weighted by atomic mass is 16.2. The van der Waals surface area contributed by atoms with Crippen LogP contribution < -0.4 is 5.73 Å². The first kappa shape index (κ1) is 10.1. The van der Waals surface area contributed by atoms with E-state index in [-0.39, 0.29) is 6.61 Å². The summed E-state index contributed by atoms with van der Waals surface area (Å²) in [5.74, 6) is 0. The molecule has 0 radical (unpaired) electrons. The maximum atomic E-state index is 8.68. The first-order chi connectivity index (χ1) is 6.27. The molecule has 0 saturated carbocycles. The Hall–Kier alpha value is -1.02. The Balaban J connectivity index is 2.74. The summed E-state index contributed by atoms with van der Waals surface area (Å²) in [5, 5.41) is 8.68. The first-order valence-corrected chi connectivity index (χ1v) is 4.76. The summed E-state index contributed by atoms with van der Waals surface area (Å²) < 4.78 is 0. The molecule has 2 nitrogen and oxygen atoms in total. The van der Waals surface area contributed by atoms with Crippen molar-refractivity contribution in [3.8, 4) is 0 Å². The molecule has 0 aliphatic heterocycles. The molecule has 0 aliphatic carbocycles. The molecule has 0 saturated heterocycles. The highest BCUT2D eigenvalue weighted by Crippen LogP contribution is 2.15. The molecular weight excluding hydrogens is 162 g/mol. The average molecular weight is 179 g/mol. The van der Waals surface area contributed by atoms with Crippen molar-refractivity contribution >= 4 is 5.69 Å². The van der Waals surface area contributed by atoms with Crippen LogP contribution in [-0.2, 0) is 12.8 Å². The summed E-state index contributed by atoms with van der Waals surface area (Å²) in [5.41, 5.74) is 9.12. The highest BCUT2D eigenvalue weighted by molar-refractivity contribution is 5.48. The molecule has 13 heavy (non-hydrogen) atoms. The van der Waals surface area contributed by atoms with Gasteiger partial charge in [0.05, 0.1) is 0 Å². The van der Waals surface area contributed by atoms with Gasteiger partial charge in [0.15, 0.2) is 0 Å². The van der Waals surface area contributed by atoms with Gasteiger partial charge in [-0.2, -0.15) is 0 Å². The van der Waals surface area contributed by atoms with Gasteiger partial charge in [0.2, 0.25) is 0 Å². The number of anilines is 1. The molecule has 0 spiro atoms. The predicted molar refractivity (Wildman–Crippen MR) is 55.6 cm³/mol. The number of aliphatic hydroxyl groups is 1.